The maximum Gasteiger partial charge on any atom is 0.434 e. The maximum absolute atomic E-state index is 13.7. The molecule has 0 unspecified atom stereocenters. The van der Waals surface area contributed by atoms with Crippen molar-refractivity contribution in [2.45, 2.75) is 70.1 Å². The van der Waals surface area contributed by atoms with Crippen LogP contribution in [0.25, 0.3) is 28.2 Å². The third-order valence-electron chi connectivity index (χ3n) is 9.61. The Morgan fingerprint density at radius 3 is 2.60 bits per heavy atom. The van der Waals surface area contributed by atoms with Crippen LogP contribution in [0, 0.1) is 18.3 Å². The van der Waals surface area contributed by atoms with Gasteiger partial charge in [-0.25, -0.2) is 0 Å². The van der Waals surface area contributed by atoms with E-state index in [0.717, 1.165) is 80.2 Å². The van der Waals surface area contributed by atoms with Crippen molar-refractivity contribution in [2.24, 2.45) is 11.3 Å². The number of aromatic nitrogens is 3. The van der Waals surface area contributed by atoms with Crippen LogP contribution in [0.15, 0.2) is 53.2 Å². The van der Waals surface area contributed by atoms with E-state index in [-0.39, 0.29) is 22.6 Å². The number of alkyl halides is 3. The lowest BCUT2D eigenvalue weighted by atomic mass is 9.57. The van der Waals surface area contributed by atoms with Gasteiger partial charge in [-0.2, -0.15) is 13.2 Å². The van der Waals surface area contributed by atoms with Gasteiger partial charge in [0.15, 0.2) is 5.69 Å². The highest BCUT2D eigenvalue weighted by Crippen LogP contribution is 2.54. The number of halogens is 3. The second-order valence-electron chi connectivity index (χ2n) is 13.0. The number of aryl methyl sites for hydroxylation is 1. The summed E-state index contributed by atoms with van der Waals surface area (Å²) in [5.74, 6) is 2.22. The number of anilines is 1. The summed E-state index contributed by atoms with van der Waals surface area (Å²) in [6, 6.07) is 11.5. The fourth-order valence-electron chi connectivity index (χ4n) is 7.02. The molecule has 4 fully saturated rings. The average molecular weight is 587 g/mol. The van der Waals surface area contributed by atoms with Crippen LogP contribution in [0.5, 0.6) is 5.75 Å². The van der Waals surface area contributed by atoms with Crippen molar-refractivity contribution in [3.05, 3.63) is 71.4 Å². The lowest BCUT2D eigenvalue weighted by Gasteiger charge is -2.59. The summed E-state index contributed by atoms with van der Waals surface area (Å²) in [6.45, 7) is 4.01. The Morgan fingerprint density at radius 2 is 1.88 bits per heavy atom. The molecule has 0 bridgehead atoms. The summed E-state index contributed by atoms with van der Waals surface area (Å²) in [5.41, 5.74) is 3.34. The lowest BCUT2D eigenvalue weighted by molar-refractivity contribution is -0.140. The highest BCUT2D eigenvalue weighted by Gasteiger charge is 2.51. The van der Waals surface area contributed by atoms with E-state index in [1.54, 1.807) is 0 Å². The van der Waals surface area contributed by atoms with E-state index in [1.165, 1.54) is 24.2 Å². The first-order valence-electron chi connectivity index (χ1n) is 15.3. The molecule has 9 heteroatoms. The molecular weight excluding hydrogens is 553 g/mol. The smallest absolute Gasteiger partial charge is 0.434 e. The molecule has 43 heavy (non-hydrogen) atoms. The summed E-state index contributed by atoms with van der Waals surface area (Å²) in [5, 5.41) is 5.19. The fraction of sp³-hybridized carbons (Fsp3) is 0.441. The molecule has 1 saturated heterocycles. The van der Waals surface area contributed by atoms with Gasteiger partial charge < -0.3 is 14.2 Å². The average Bonchev–Trinajstić information content (AvgIpc) is 3.67. The van der Waals surface area contributed by atoms with Gasteiger partial charge in [-0.1, -0.05) is 17.3 Å². The van der Waals surface area contributed by atoms with E-state index in [1.807, 2.05) is 13.0 Å². The molecule has 3 aliphatic carbocycles. The minimum absolute atomic E-state index is 0.0352. The molecule has 0 amide bonds. The number of hydrogen-bond donors (Lipinski definition) is 0. The number of allylic oxidation sites excluding steroid dienone is 1. The summed E-state index contributed by atoms with van der Waals surface area (Å²) in [7, 11) is 0. The van der Waals surface area contributed by atoms with Crippen molar-refractivity contribution in [1.29, 1.82) is 0 Å². The molecule has 4 aliphatic rings. The van der Waals surface area contributed by atoms with Gasteiger partial charge in [0, 0.05) is 64.6 Å². The Morgan fingerprint density at radius 1 is 1.07 bits per heavy atom. The highest BCUT2D eigenvalue weighted by molar-refractivity contribution is 5.88. The van der Waals surface area contributed by atoms with Gasteiger partial charge in [0.25, 0.3) is 0 Å². The van der Waals surface area contributed by atoms with Crippen LogP contribution in [-0.2, 0) is 6.18 Å². The van der Waals surface area contributed by atoms with Gasteiger partial charge >= 0.3 is 6.18 Å². The van der Waals surface area contributed by atoms with Crippen molar-refractivity contribution < 1.29 is 22.4 Å². The molecule has 8 rings (SSSR count). The summed E-state index contributed by atoms with van der Waals surface area (Å²) in [4.78, 5) is 10.8. The zero-order valence-electron chi connectivity index (χ0n) is 24.0. The first-order chi connectivity index (χ1) is 20.7. The molecule has 0 N–H and O–H groups in total. The summed E-state index contributed by atoms with van der Waals surface area (Å²) < 4.78 is 53.1. The van der Waals surface area contributed by atoms with E-state index in [4.69, 9.17) is 14.2 Å². The van der Waals surface area contributed by atoms with Crippen molar-refractivity contribution >= 4 is 22.7 Å². The monoisotopic (exact) mass is 586 g/mol. The summed E-state index contributed by atoms with van der Waals surface area (Å²) >= 11 is 0. The number of hydrogen-bond acceptors (Lipinski definition) is 6. The minimum Gasteiger partial charge on any atom is -0.490 e. The quantitative estimate of drug-likeness (QED) is 0.217. The summed E-state index contributed by atoms with van der Waals surface area (Å²) in [6.07, 6.45) is 8.52. The van der Waals surface area contributed by atoms with Crippen molar-refractivity contribution in [2.75, 3.05) is 18.0 Å². The van der Waals surface area contributed by atoms with Crippen LogP contribution in [0.4, 0.5) is 18.9 Å². The third kappa shape index (κ3) is 4.86. The molecule has 1 aliphatic heterocycles. The Bertz CT molecular complexity index is 1720. The highest BCUT2D eigenvalue weighted by atomic mass is 19.4. The molecule has 1 spiro atoms. The van der Waals surface area contributed by atoms with Gasteiger partial charge in [0.05, 0.1) is 11.6 Å². The molecule has 3 aromatic heterocycles. The number of nitrogens with zero attached hydrogens (tertiary/aromatic N) is 4. The van der Waals surface area contributed by atoms with Crippen molar-refractivity contribution in [3.8, 4) is 17.0 Å². The normalized spacial score (nSPS) is 20.4. The predicted molar refractivity (Wildman–Crippen MR) is 158 cm³/mol. The number of fused-ring (bicyclic) bond motifs is 1. The van der Waals surface area contributed by atoms with Crippen LogP contribution in [-0.4, -0.2) is 34.3 Å². The van der Waals surface area contributed by atoms with E-state index in [2.05, 4.69) is 45.4 Å². The van der Waals surface area contributed by atoms with E-state index < -0.39 is 11.9 Å². The first-order valence-corrected chi connectivity index (χ1v) is 15.3. The first kappa shape index (κ1) is 26.7. The van der Waals surface area contributed by atoms with Gasteiger partial charge in [-0.15, -0.1) is 0 Å². The zero-order valence-corrected chi connectivity index (χ0v) is 24.0. The Labute approximate surface area is 247 Å². The van der Waals surface area contributed by atoms with Gasteiger partial charge in [0.1, 0.15) is 17.2 Å². The maximum atomic E-state index is 13.7. The molecule has 0 atom stereocenters. The molecule has 4 aromatic rings. The number of ether oxygens (including phenoxy) is 1. The van der Waals surface area contributed by atoms with Crippen LogP contribution >= 0.6 is 0 Å². The van der Waals surface area contributed by atoms with Crippen LogP contribution in [0.1, 0.15) is 73.6 Å². The lowest BCUT2D eigenvalue weighted by Crippen LogP contribution is -2.62. The SMILES string of the molecule is Cc1cc(OC2CCC2)c2cc(N3CC4(CC(/C=C/c5c(-c6cccnc6C(F)(F)F)noc5C5CC5)C4)C3)ccc2n1. The predicted octanol–water partition coefficient (Wildman–Crippen LogP) is 8.35. The van der Waals surface area contributed by atoms with Gasteiger partial charge in [-0.3, -0.25) is 9.97 Å². The number of rotatable bonds is 7. The molecule has 1 aromatic carbocycles. The van der Waals surface area contributed by atoms with Gasteiger partial charge in [-0.05, 0) is 88.1 Å². The molecule has 222 valence electrons. The molecule has 0 radical (unpaired) electrons. The molecule has 4 heterocycles. The fourth-order valence-corrected chi connectivity index (χ4v) is 7.02. The van der Waals surface area contributed by atoms with Crippen LogP contribution in [0.2, 0.25) is 0 Å². The van der Waals surface area contributed by atoms with Gasteiger partial charge in [0.2, 0.25) is 0 Å². The Kier molecular flexibility index (Phi) is 6.11. The van der Waals surface area contributed by atoms with Crippen molar-refractivity contribution in [1.82, 2.24) is 15.1 Å². The second-order valence-corrected chi connectivity index (χ2v) is 13.0. The minimum atomic E-state index is -4.57. The van der Waals surface area contributed by atoms with E-state index in [9.17, 15) is 13.2 Å². The third-order valence-corrected chi connectivity index (χ3v) is 9.61. The van der Waals surface area contributed by atoms with E-state index in [0.29, 0.717) is 23.3 Å². The van der Waals surface area contributed by atoms with Crippen LogP contribution < -0.4 is 9.64 Å². The second kappa shape index (κ2) is 9.82. The largest absolute Gasteiger partial charge is 0.490 e. The number of pyridine rings is 2. The van der Waals surface area contributed by atoms with E-state index >= 15 is 0 Å². The van der Waals surface area contributed by atoms with Crippen LogP contribution in [0.3, 0.4) is 0 Å². The topological polar surface area (TPSA) is 64.3 Å². The molecule has 3 saturated carbocycles. The Balaban J connectivity index is 0.969. The number of benzene rings is 1. The zero-order chi connectivity index (χ0) is 29.3. The molecular formula is C34H33F3N4O2. The molecule has 6 nitrogen and oxygen atoms in total. The Hall–Kier alpha value is -3.88. The standard InChI is InChI=1S/C34H33F3N4O2/c1-20-14-29(42-24-4-2-5-24)27-15-23(10-12-28(27)39-20)41-18-33(19-41)16-21(17-33)7-11-25-30(40-43-31(25)22-8-9-22)26-6-3-13-38-32(26)34(35,36)37/h3,6-7,10-15,21-22,24H,2,4-5,8-9,16-19H2,1H3/b11-7+. The van der Waals surface area contributed by atoms with Crippen molar-refractivity contribution in [3.63, 3.8) is 0 Å².